The molecule has 1 fully saturated rings. The highest BCUT2D eigenvalue weighted by Crippen LogP contribution is 2.36. The van der Waals surface area contributed by atoms with Crippen LogP contribution in [0.2, 0.25) is 0 Å². The standard InChI is InChI=1S/C13H18O8/c1-5-2-6(15)3-7(16)12(5)21-13-11(19)10(18)9(17)8(4-14)20-13/h2-3,8-11,13-19H,4H2,1H3/t8-,9-,10+,11-,13+/m1/s1. The molecule has 5 atom stereocenters. The molecule has 0 aromatic heterocycles. The molecule has 0 unspecified atom stereocenters. The van der Waals surface area contributed by atoms with Gasteiger partial charge < -0.3 is 40.1 Å². The summed E-state index contributed by atoms with van der Waals surface area (Å²) in [5.41, 5.74) is 0.379. The number of benzene rings is 1. The SMILES string of the molecule is Cc1cc(O)cc(O)c1O[C@@H]1O[C@H](CO)[C@@H](O)[C@H](O)[C@H]1O. The van der Waals surface area contributed by atoms with Crippen molar-refractivity contribution in [3.05, 3.63) is 17.7 Å². The lowest BCUT2D eigenvalue weighted by atomic mass is 9.99. The van der Waals surface area contributed by atoms with E-state index in [1.165, 1.54) is 6.07 Å². The number of ether oxygens (including phenoxy) is 2. The Morgan fingerprint density at radius 3 is 2.33 bits per heavy atom. The Hall–Kier alpha value is -1.58. The zero-order valence-corrected chi connectivity index (χ0v) is 11.2. The Kier molecular flexibility index (Phi) is 4.55. The van der Waals surface area contributed by atoms with Crippen molar-refractivity contribution in [2.24, 2.45) is 0 Å². The van der Waals surface area contributed by atoms with E-state index in [-0.39, 0.29) is 17.2 Å². The van der Waals surface area contributed by atoms with E-state index in [0.717, 1.165) is 6.07 Å². The number of phenols is 2. The van der Waals surface area contributed by atoms with Crippen molar-refractivity contribution >= 4 is 0 Å². The van der Waals surface area contributed by atoms with Crippen LogP contribution < -0.4 is 4.74 Å². The normalized spacial score (nSPS) is 32.9. The van der Waals surface area contributed by atoms with Crippen LogP contribution in [-0.2, 0) is 4.74 Å². The molecule has 8 heteroatoms. The first-order valence-electron chi connectivity index (χ1n) is 6.35. The summed E-state index contributed by atoms with van der Waals surface area (Å²) in [6.07, 6.45) is -7.13. The monoisotopic (exact) mass is 302 g/mol. The van der Waals surface area contributed by atoms with Gasteiger partial charge in [0.25, 0.3) is 0 Å². The number of aromatic hydroxyl groups is 2. The molecule has 0 amide bonds. The van der Waals surface area contributed by atoms with E-state index >= 15 is 0 Å². The van der Waals surface area contributed by atoms with E-state index in [0.29, 0.717) is 5.56 Å². The van der Waals surface area contributed by atoms with Crippen molar-refractivity contribution in [1.82, 2.24) is 0 Å². The molecular weight excluding hydrogens is 284 g/mol. The predicted octanol–water partition coefficient (Wildman–Crippen LogP) is -1.42. The van der Waals surface area contributed by atoms with Crippen LogP contribution in [-0.4, -0.2) is 68.0 Å². The van der Waals surface area contributed by atoms with Crippen molar-refractivity contribution < 1.29 is 40.1 Å². The third kappa shape index (κ3) is 3.04. The van der Waals surface area contributed by atoms with Crippen LogP contribution >= 0.6 is 0 Å². The molecule has 1 aromatic carbocycles. The summed E-state index contributed by atoms with van der Waals surface area (Å²) in [5.74, 6) is -0.576. The van der Waals surface area contributed by atoms with E-state index in [1.807, 2.05) is 0 Å². The molecule has 21 heavy (non-hydrogen) atoms. The van der Waals surface area contributed by atoms with Crippen molar-refractivity contribution in [3.63, 3.8) is 0 Å². The molecule has 1 saturated heterocycles. The molecule has 1 heterocycles. The summed E-state index contributed by atoms with van der Waals surface area (Å²) in [5, 5.41) is 57.3. The molecule has 0 bridgehead atoms. The van der Waals surface area contributed by atoms with Gasteiger partial charge in [0.2, 0.25) is 6.29 Å². The Bertz CT molecular complexity index is 480. The van der Waals surface area contributed by atoms with E-state index in [9.17, 15) is 25.5 Å². The molecule has 0 spiro atoms. The molecule has 1 aliphatic rings. The average molecular weight is 302 g/mol. The van der Waals surface area contributed by atoms with Crippen molar-refractivity contribution in [1.29, 1.82) is 0 Å². The average Bonchev–Trinajstić information content (AvgIpc) is 2.42. The Morgan fingerprint density at radius 2 is 1.76 bits per heavy atom. The summed E-state index contributed by atoms with van der Waals surface area (Å²) in [7, 11) is 0. The molecule has 1 aliphatic heterocycles. The van der Waals surface area contributed by atoms with Gasteiger partial charge in [0.15, 0.2) is 11.5 Å². The summed E-state index contributed by atoms with van der Waals surface area (Å²) in [6.45, 7) is 0.976. The van der Waals surface area contributed by atoms with Gasteiger partial charge in [-0.15, -0.1) is 0 Å². The fourth-order valence-corrected chi connectivity index (χ4v) is 2.17. The van der Waals surface area contributed by atoms with Gasteiger partial charge in [0.05, 0.1) is 6.61 Å². The van der Waals surface area contributed by atoms with Crippen LogP contribution in [0.5, 0.6) is 17.2 Å². The molecule has 118 valence electrons. The second kappa shape index (κ2) is 6.04. The highest BCUT2D eigenvalue weighted by molar-refractivity contribution is 5.49. The molecule has 2 rings (SSSR count). The Balaban J connectivity index is 2.22. The lowest BCUT2D eigenvalue weighted by Gasteiger charge is -2.39. The van der Waals surface area contributed by atoms with Crippen LogP contribution in [0.15, 0.2) is 12.1 Å². The first-order chi connectivity index (χ1) is 9.85. The largest absolute Gasteiger partial charge is 0.508 e. The van der Waals surface area contributed by atoms with Gasteiger partial charge in [-0.05, 0) is 18.6 Å². The number of aliphatic hydroxyl groups is 4. The van der Waals surface area contributed by atoms with Crippen LogP contribution in [0.3, 0.4) is 0 Å². The second-order valence-corrected chi connectivity index (χ2v) is 4.93. The van der Waals surface area contributed by atoms with Gasteiger partial charge in [-0.2, -0.15) is 0 Å². The lowest BCUT2D eigenvalue weighted by molar-refractivity contribution is -0.277. The smallest absolute Gasteiger partial charge is 0.229 e. The van der Waals surface area contributed by atoms with Crippen LogP contribution in [0.25, 0.3) is 0 Å². The number of rotatable bonds is 3. The summed E-state index contributed by atoms with van der Waals surface area (Å²) >= 11 is 0. The summed E-state index contributed by atoms with van der Waals surface area (Å²) < 4.78 is 10.5. The third-order valence-electron chi connectivity index (χ3n) is 3.32. The van der Waals surface area contributed by atoms with E-state index in [2.05, 4.69) is 0 Å². The Morgan fingerprint density at radius 1 is 1.10 bits per heavy atom. The molecule has 0 saturated carbocycles. The number of aryl methyl sites for hydroxylation is 1. The first kappa shape index (κ1) is 15.8. The maximum absolute atomic E-state index is 9.85. The number of aliphatic hydroxyl groups excluding tert-OH is 4. The second-order valence-electron chi connectivity index (χ2n) is 4.93. The molecule has 0 aliphatic carbocycles. The fraction of sp³-hybridized carbons (Fsp3) is 0.538. The summed E-state index contributed by atoms with van der Waals surface area (Å²) in [6, 6.07) is 2.38. The molecule has 8 nitrogen and oxygen atoms in total. The van der Waals surface area contributed by atoms with Crippen LogP contribution in [0, 0.1) is 6.92 Å². The number of phenolic OH excluding ortho intramolecular Hbond substituents is 2. The highest BCUT2D eigenvalue weighted by Gasteiger charge is 2.45. The fourth-order valence-electron chi connectivity index (χ4n) is 2.17. The lowest BCUT2D eigenvalue weighted by Crippen LogP contribution is -2.60. The van der Waals surface area contributed by atoms with Crippen LogP contribution in [0.4, 0.5) is 0 Å². The van der Waals surface area contributed by atoms with Gasteiger partial charge in [-0.1, -0.05) is 0 Å². The minimum atomic E-state index is -1.57. The minimum Gasteiger partial charge on any atom is -0.508 e. The van der Waals surface area contributed by atoms with Crippen molar-refractivity contribution in [3.8, 4) is 17.2 Å². The quantitative estimate of drug-likeness (QED) is 0.400. The number of hydrogen-bond acceptors (Lipinski definition) is 8. The predicted molar refractivity (Wildman–Crippen MR) is 68.9 cm³/mol. The zero-order valence-electron chi connectivity index (χ0n) is 11.2. The van der Waals surface area contributed by atoms with Gasteiger partial charge in [0, 0.05) is 6.07 Å². The van der Waals surface area contributed by atoms with Crippen LogP contribution in [0.1, 0.15) is 5.56 Å². The highest BCUT2D eigenvalue weighted by atomic mass is 16.7. The topological polar surface area (TPSA) is 140 Å². The molecular formula is C13H18O8. The molecule has 1 aromatic rings. The zero-order chi connectivity index (χ0) is 15.7. The minimum absolute atomic E-state index is 0.0443. The number of hydrogen-bond donors (Lipinski definition) is 6. The molecule has 0 radical (unpaired) electrons. The van der Waals surface area contributed by atoms with Gasteiger partial charge in [0.1, 0.15) is 30.2 Å². The summed E-state index contributed by atoms with van der Waals surface area (Å²) in [4.78, 5) is 0. The first-order valence-corrected chi connectivity index (χ1v) is 6.35. The van der Waals surface area contributed by atoms with E-state index in [1.54, 1.807) is 6.92 Å². The Labute approximate surface area is 120 Å². The van der Waals surface area contributed by atoms with Gasteiger partial charge in [-0.3, -0.25) is 0 Å². The van der Waals surface area contributed by atoms with Gasteiger partial charge in [-0.25, -0.2) is 0 Å². The van der Waals surface area contributed by atoms with Crippen molar-refractivity contribution in [2.45, 2.75) is 37.6 Å². The maximum Gasteiger partial charge on any atom is 0.229 e. The third-order valence-corrected chi connectivity index (χ3v) is 3.32. The maximum atomic E-state index is 9.85. The van der Waals surface area contributed by atoms with E-state index < -0.39 is 37.3 Å². The van der Waals surface area contributed by atoms with Crippen molar-refractivity contribution in [2.75, 3.05) is 6.61 Å². The van der Waals surface area contributed by atoms with E-state index in [4.69, 9.17) is 14.6 Å². The molecule has 6 N–H and O–H groups in total. The van der Waals surface area contributed by atoms with Gasteiger partial charge >= 0.3 is 0 Å².